The number of carbonyl (C=O) groups excluding carboxylic acids is 1. The third-order valence-electron chi connectivity index (χ3n) is 3.95. The molecule has 1 fully saturated rings. The van der Waals surface area contributed by atoms with E-state index in [2.05, 4.69) is 4.72 Å². The van der Waals surface area contributed by atoms with E-state index in [0.717, 1.165) is 5.56 Å². The van der Waals surface area contributed by atoms with Crippen molar-refractivity contribution < 1.29 is 17.9 Å². The lowest BCUT2D eigenvalue weighted by molar-refractivity contribution is -0.151. The minimum atomic E-state index is -3.23. The summed E-state index contributed by atoms with van der Waals surface area (Å²) in [4.78, 5) is 12.0. The number of rotatable bonds is 5. The SMILES string of the molecule is CNS(=O)(=O)C1CCC(C(=O)OCc2ccccc2)CC1. The first-order chi connectivity index (χ1) is 10.0. The lowest BCUT2D eigenvalue weighted by Gasteiger charge is -2.26. The number of sulfonamides is 1. The first kappa shape index (κ1) is 16.0. The highest BCUT2D eigenvalue weighted by molar-refractivity contribution is 7.90. The fraction of sp³-hybridized carbons (Fsp3) is 0.533. The molecule has 0 spiro atoms. The summed E-state index contributed by atoms with van der Waals surface area (Å²) in [5, 5.41) is -0.388. The Morgan fingerprint density at radius 3 is 2.38 bits per heavy atom. The molecule has 1 aromatic rings. The van der Waals surface area contributed by atoms with Crippen molar-refractivity contribution in [3.8, 4) is 0 Å². The molecule has 0 bridgehead atoms. The van der Waals surface area contributed by atoms with E-state index in [1.807, 2.05) is 30.3 Å². The Labute approximate surface area is 125 Å². The van der Waals surface area contributed by atoms with Gasteiger partial charge in [-0.2, -0.15) is 0 Å². The number of esters is 1. The summed E-state index contributed by atoms with van der Waals surface area (Å²) in [7, 11) is -1.80. The van der Waals surface area contributed by atoms with Gasteiger partial charge in [-0.05, 0) is 38.3 Å². The lowest BCUT2D eigenvalue weighted by atomic mass is 9.89. The second-order valence-electron chi connectivity index (χ2n) is 5.32. The van der Waals surface area contributed by atoms with Crippen LogP contribution < -0.4 is 4.72 Å². The summed E-state index contributed by atoms with van der Waals surface area (Å²) in [6, 6.07) is 9.52. The molecule has 1 aromatic carbocycles. The standard InChI is InChI=1S/C15H21NO4S/c1-16-21(18,19)14-9-7-13(8-10-14)15(17)20-11-12-5-3-2-4-6-12/h2-6,13-14,16H,7-11H2,1H3. The maximum Gasteiger partial charge on any atom is 0.309 e. The fourth-order valence-corrected chi connectivity index (χ4v) is 3.85. The highest BCUT2D eigenvalue weighted by atomic mass is 32.2. The smallest absolute Gasteiger partial charge is 0.309 e. The van der Waals surface area contributed by atoms with Crippen molar-refractivity contribution in [3.63, 3.8) is 0 Å². The molecule has 0 atom stereocenters. The van der Waals surface area contributed by atoms with Crippen LogP contribution in [0.15, 0.2) is 30.3 Å². The van der Waals surface area contributed by atoms with Crippen LogP contribution in [0.4, 0.5) is 0 Å². The van der Waals surface area contributed by atoms with Crippen molar-refractivity contribution >= 4 is 16.0 Å². The first-order valence-electron chi connectivity index (χ1n) is 7.16. The van der Waals surface area contributed by atoms with E-state index in [1.165, 1.54) is 7.05 Å². The van der Waals surface area contributed by atoms with Crippen LogP contribution in [0.1, 0.15) is 31.2 Å². The van der Waals surface area contributed by atoms with Gasteiger partial charge in [0.15, 0.2) is 0 Å². The van der Waals surface area contributed by atoms with Crippen LogP contribution in [-0.2, 0) is 26.2 Å². The van der Waals surface area contributed by atoms with Gasteiger partial charge in [-0.1, -0.05) is 30.3 Å². The number of ether oxygens (including phenoxy) is 1. The summed E-state index contributed by atoms with van der Waals surface area (Å²) in [6.45, 7) is 0.272. The molecule has 116 valence electrons. The summed E-state index contributed by atoms with van der Waals surface area (Å²) in [6.07, 6.45) is 2.15. The maximum atomic E-state index is 12.0. The van der Waals surface area contributed by atoms with Crippen molar-refractivity contribution in [2.75, 3.05) is 7.05 Å². The Kier molecular flexibility index (Phi) is 5.36. The molecule has 0 saturated heterocycles. The molecular formula is C15H21NO4S. The molecule has 6 heteroatoms. The summed E-state index contributed by atoms with van der Waals surface area (Å²) in [5.41, 5.74) is 0.956. The van der Waals surface area contributed by atoms with E-state index >= 15 is 0 Å². The highest BCUT2D eigenvalue weighted by Gasteiger charge is 2.33. The van der Waals surface area contributed by atoms with E-state index in [-0.39, 0.29) is 23.7 Å². The largest absolute Gasteiger partial charge is 0.461 e. The van der Waals surface area contributed by atoms with E-state index in [1.54, 1.807) is 0 Å². The monoisotopic (exact) mass is 311 g/mol. The minimum absolute atomic E-state index is 0.183. The normalized spacial score (nSPS) is 22.7. The van der Waals surface area contributed by atoms with Crippen LogP contribution in [0.5, 0.6) is 0 Å². The fourth-order valence-electron chi connectivity index (χ4n) is 2.62. The molecular weight excluding hydrogens is 290 g/mol. The van der Waals surface area contributed by atoms with E-state index in [4.69, 9.17) is 4.74 Å². The second-order valence-corrected chi connectivity index (χ2v) is 7.48. The molecule has 1 aliphatic carbocycles. The lowest BCUT2D eigenvalue weighted by Crippen LogP contribution is -2.36. The third-order valence-corrected chi connectivity index (χ3v) is 5.87. The molecule has 0 heterocycles. The van der Waals surface area contributed by atoms with Gasteiger partial charge in [0.05, 0.1) is 11.2 Å². The maximum absolute atomic E-state index is 12.0. The van der Waals surface area contributed by atoms with Crippen molar-refractivity contribution in [2.45, 2.75) is 37.5 Å². The van der Waals surface area contributed by atoms with Crippen LogP contribution >= 0.6 is 0 Å². The zero-order valence-electron chi connectivity index (χ0n) is 12.1. The number of benzene rings is 1. The van der Waals surface area contributed by atoms with Gasteiger partial charge in [-0.25, -0.2) is 13.1 Å². The number of hydrogen-bond acceptors (Lipinski definition) is 4. The molecule has 5 nitrogen and oxygen atoms in total. The summed E-state index contributed by atoms with van der Waals surface area (Å²) >= 11 is 0. The number of carbonyl (C=O) groups is 1. The molecule has 0 unspecified atom stereocenters. The predicted molar refractivity (Wildman–Crippen MR) is 80.0 cm³/mol. The van der Waals surface area contributed by atoms with Crippen molar-refractivity contribution in [1.29, 1.82) is 0 Å². The Morgan fingerprint density at radius 2 is 1.81 bits per heavy atom. The van der Waals surface area contributed by atoms with E-state index in [0.29, 0.717) is 25.7 Å². The topological polar surface area (TPSA) is 72.5 Å². The summed E-state index contributed by atoms with van der Waals surface area (Å²) in [5.74, 6) is -0.406. The Bertz CT molecular complexity index is 563. The van der Waals surface area contributed by atoms with Crippen LogP contribution in [0.3, 0.4) is 0 Å². The van der Waals surface area contributed by atoms with Crippen LogP contribution in [0.25, 0.3) is 0 Å². The molecule has 1 N–H and O–H groups in total. The molecule has 0 radical (unpaired) electrons. The quantitative estimate of drug-likeness (QED) is 0.842. The third kappa shape index (κ3) is 4.28. The van der Waals surface area contributed by atoms with Crippen LogP contribution in [0, 0.1) is 5.92 Å². The van der Waals surface area contributed by atoms with Gasteiger partial charge in [-0.3, -0.25) is 4.79 Å². The van der Waals surface area contributed by atoms with Crippen LogP contribution in [-0.4, -0.2) is 26.7 Å². The average molecular weight is 311 g/mol. The Hall–Kier alpha value is -1.40. The van der Waals surface area contributed by atoms with Gasteiger partial charge < -0.3 is 4.74 Å². The van der Waals surface area contributed by atoms with Gasteiger partial charge in [0, 0.05) is 0 Å². The Balaban J connectivity index is 1.81. The van der Waals surface area contributed by atoms with Crippen LogP contribution in [0.2, 0.25) is 0 Å². The van der Waals surface area contributed by atoms with E-state index < -0.39 is 10.0 Å². The predicted octanol–water partition coefficient (Wildman–Crippen LogP) is 1.84. The van der Waals surface area contributed by atoms with E-state index in [9.17, 15) is 13.2 Å². The molecule has 2 rings (SSSR count). The molecule has 0 aromatic heterocycles. The molecule has 21 heavy (non-hydrogen) atoms. The number of hydrogen-bond donors (Lipinski definition) is 1. The zero-order valence-corrected chi connectivity index (χ0v) is 12.9. The number of nitrogens with one attached hydrogen (secondary N) is 1. The zero-order chi connectivity index (χ0) is 15.3. The van der Waals surface area contributed by atoms with Gasteiger partial charge in [0.25, 0.3) is 0 Å². The van der Waals surface area contributed by atoms with Gasteiger partial charge in [0.2, 0.25) is 10.0 Å². The van der Waals surface area contributed by atoms with Gasteiger partial charge >= 0.3 is 5.97 Å². The van der Waals surface area contributed by atoms with Gasteiger partial charge in [-0.15, -0.1) is 0 Å². The van der Waals surface area contributed by atoms with Crippen molar-refractivity contribution in [3.05, 3.63) is 35.9 Å². The van der Waals surface area contributed by atoms with Crippen molar-refractivity contribution in [1.82, 2.24) is 4.72 Å². The summed E-state index contributed by atoms with van der Waals surface area (Å²) < 4.78 is 31.1. The minimum Gasteiger partial charge on any atom is -0.461 e. The average Bonchev–Trinajstić information content (AvgIpc) is 2.53. The first-order valence-corrected chi connectivity index (χ1v) is 8.70. The molecule has 0 amide bonds. The highest BCUT2D eigenvalue weighted by Crippen LogP contribution is 2.29. The Morgan fingerprint density at radius 1 is 1.19 bits per heavy atom. The molecule has 1 aliphatic rings. The van der Waals surface area contributed by atoms with Gasteiger partial charge in [0.1, 0.15) is 6.61 Å². The molecule has 0 aliphatic heterocycles. The van der Waals surface area contributed by atoms with Crippen molar-refractivity contribution in [2.24, 2.45) is 5.92 Å². The molecule has 1 saturated carbocycles. The second kappa shape index (κ2) is 7.04.